The Morgan fingerprint density at radius 2 is 1.22 bits per heavy atom. The van der Waals surface area contributed by atoms with Crippen molar-refractivity contribution in [3.05, 3.63) is 186 Å². The van der Waals surface area contributed by atoms with Crippen LogP contribution in [0.4, 0.5) is 49.9 Å². The van der Waals surface area contributed by atoms with E-state index in [1.54, 1.807) is 48.7 Å². The normalized spacial score (nSPS) is 14.7. The molecule has 5 N–H and O–H groups in total. The number of nitrogens with one attached hydrogen (secondary N) is 5. The Morgan fingerprint density at radius 1 is 0.608 bits per heavy atom. The Labute approximate surface area is 432 Å². The van der Waals surface area contributed by atoms with Crippen LogP contribution < -0.4 is 45.9 Å². The minimum atomic E-state index is -0.307. The molecule has 0 unspecified atom stereocenters. The highest BCUT2D eigenvalue weighted by molar-refractivity contribution is 6.06. The summed E-state index contributed by atoms with van der Waals surface area (Å²) in [6.45, 7) is 12.2. The van der Waals surface area contributed by atoms with E-state index in [0.717, 1.165) is 111 Å². The summed E-state index contributed by atoms with van der Waals surface area (Å²) in [6, 6.07) is 45.1. The molecular formula is C59H63FN8O6. The average Bonchev–Trinajstić information content (AvgIpc) is 3.43. The van der Waals surface area contributed by atoms with Gasteiger partial charge in [-0.1, -0.05) is 30.3 Å². The largest absolute Gasteiger partial charge is 0.490 e. The molecule has 0 atom stereocenters. The second-order valence-corrected chi connectivity index (χ2v) is 18.4. The van der Waals surface area contributed by atoms with Gasteiger partial charge in [-0.3, -0.25) is 14.6 Å². The van der Waals surface area contributed by atoms with Gasteiger partial charge >= 0.3 is 0 Å². The van der Waals surface area contributed by atoms with E-state index in [0.29, 0.717) is 53.8 Å². The van der Waals surface area contributed by atoms with Crippen molar-refractivity contribution in [2.75, 3.05) is 96.8 Å². The van der Waals surface area contributed by atoms with Crippen molar-refractivity contribution in [2.45, 2.75) is 39.4 Å². The predicted molar refractivity (Wildman–Crippen MR) is 292 cm³/mol. The summed E-state index contributed by atoms with van der Waals surface area (Å²) in [5.74, 6) is 0.693. The number of nitrogens with zero attached hydrogens (tertiary/aromatic N) is 3. The summed E-state index contributed by atoms with van der Waals surface area (Å²) in [6.07, 6.45) is 3.81. The van der Waals surface area contributed by atoms with Gasteiger partial charge in [-0.25, -0.2) is 4.39 Å². The lowest BCUT2D eigenvalue weighted by molar-refractivity contribution is 0.101. The highest BCUT2D eigenvalue weighted by atomic mass is 19.1. The molecule has 10 rings (SSSR count). The number of aryl methyl sites for hydroxylation is 2. The molecule has 382 valence electrons. The number of halogens is 1. The molecule has 0 bridgehead atoms. The van der Waals surface area contributed by atoms with Gasteiger partial charge in [0, 0.05) is 89.0 Å². The zero-order valence-corrected chi connectivity index (χ0v) is 41.9. The molecule has 15 heteroatoms. The fraction of sp³-hybridized carbons (Fsp3) is 0.271. The zero-order chi connectivity index (χ0) is 51.1. The number of benzene rings is 6. The van der Waals surface area contributed by atoms with Crippen LogP contribution in [0.1, 0.15) is 50.4 Å². The van der Waals surface area contributed by atoms with Crippen molar-refractivity contribution >= 4 is 57.3 Å². The maximum absolute atomic E-state index is 14.4. The molecule has 3 aliphatic rings. The second-order valence-electron chi connectivity index (χ2n) is 18.4. The van der Waals surface area contributed by atoms with E-state index >= 15 is 0 Å². The number of ether oxygens (including phenoxy) is 4. The highest BCUT2D eigenvalue weighted by Crippen LogP contribution is 2.30. The van der Waals surface area contributed by atoms with E-state index in [9.17, 15) is 14.0 Å². The molecule has 4 heterocycles. The van der Waals surface area contributed by atoms with Crippen molar-refractivity contribution in [3.8, 4) is 11.5 Å². The summed E-state index contributed by atoms with van der Waals surface area (Å²) >= 11 is 0. The van der Waals surface area contributed by atoms with Crippen molar-refractivity contribution in [1.29, 1.82) is 0 Å². The molecule has 6 aromatic carbocycles. The first-order valence-corrected chi connectivity index (χ1v) is 25.2. The third-order valence-electron chi connectivity index (χ3n) is 12.9. The third-order valence-corrected chi connectivity index (χ3v) is 12.9. The van der Waals surface area contributed by atoms with Crippen LogP contribution >= 0.6 is 0 Å². The molecule has 0 spiro atoms. The van der Waals surface area contributed by atoms with Crippen LogP contribution in [0, 0.1) is 19.7 Å². The van der Waals surface area contributed by atoms with Gasteiger partial charge in [0.05, 0.1) is 32.1 Å². The van der Waals surface area contributed by atoms with Crippen LogP contribution in [-0.4, -0.2) is 88.6 Å². The van der Waals surface area contributed by atoms with Crippen molar-refractivity contribution in [3.63, 3.8) is 0 Å². The first kappa shape index (κ1) is 50.9. The minimum Gasteiger partial charge on any atom is -0.490 e. The lowest BCUT2D eigenvalue weighted by Gasteiger charge is -2.29. The van der Waals surface area contributed by atoms with Crippen LogP contribution in [0.15, 0.2) is 152 Å². The topological polar surface area (TPSA) is 151 Å². The fourth-order valence-electron chi connectivity index (χ4n) is 8.80. The molecule has 0 saturated carbocycles. The number of amides is 2. The smallest absolute Gasteiger partial charge is 0.255 e. The monoisotopic (exact) mass is 998 g/mol. The maximum Gasteiger partial charge on any atom is 0.255 e. The van der Waals surface area contributed by atoms with Gasteiger partial charge in [-0.05, 0) is 166 Å². The van der Waals surface area contributed by atoms with Crippen LogP contribution in [0.2, 0.25) is 0 Å². The predicted octanol–water partition coefficient (Wildman–Crippen LogP) is 10.9. The molecule has 2 amide bonds. The van der Waals surface area contributed by atoms with Gasteiger partial charge in [0.15, 0.2) is 0 Å². The number of pyridine rings is 1. The highest BCUT2D eigenvalue weighted by Gasteiger charge is 2.18. The number of carbonyl (C=O) groups excluding carboxylic acids is 2. The molecule has 3 fully saturated rings. The first-order chi connectivity index (χ1) is 36.2. The molecule has 7 aromatic rings. The minimum absolute atomic E-state index is 0.163. The number of piperidine rings is 1. The zero-order valence-electron chi connectivity index (χ0n) is 41.9. The van der Waals surface area contributed by atoms with Gasteiger partial charge in [-0.15, -0.1) is 0 Å². The molecule has 14 nitrogen and oxygen atoms in total. The van der Waals surface area contributed by atoms with Crippen LogP contribution in [-0.2, 0) is 16.1 Å². The molecule has 1 aromatic heterocycles. The van der Waals surface area contributed by atoms with Gasteiger partial charge in [-0.2, -0.15) is 0 Å². The Kier molecular flexibility index (Phi) is 17.3. The van der Waals surface area contributed by atoms with Gasteiger partial charge in [0.1, 0.15) is 30.0 Å². The molecule has 3 saturated heterocycles. The average molecular weight is 999 g/mol. The SMILES string of the molecule is Cc1ccc(Nc2cc(F)cc(N3CCOCC3)c2)cc1NC(=O)c1cccc(OC2CCNCC2)c1.Cc1ccc(Nc2cccc(N3CCOCC3)c2)cc1NC(=O)c1ccc(OCc2ccccn2)cc1. The van der Waals surface area contributed by atoms with E-state index in [1.807, 2.05) is 98.8 Å². The standard InChI is InChI=1S/C30H30N4O3.C29H33FN4O3/c1-22-8-11-25(32-24-6-4-7-27(19-24)34-15-17-36-18-16-34)20-29(22)33-30(35)23-9-12-28(13-10-23)37-21-26-5-2-3-14-31-26;1-20-5-6-23(32-24-16-22(30)17-25(18-24)34-11-13-36-14-12-34)19-28(20)33-29(35)21-3-2-4-27(15-21)37-26-7-9-31-10-8-26/h2-14,19-20,32H,15-18,21H2,1H3,(H,33,35);2-6,15-19,26,31-32H,7-14H2,1H3,(H,33,35). The molecular weight excluding hydrogens is 936 g/mol. The van der Waals surface area contributed by atoms with Crippen molar-refractivity contribution in [2.24, 2.45) is 0 Å². The van der Waals surface area contributed by atoms with E-state index < -0.39 is 0 Å². The Hall–Kier alpha value is -7.98. The summed E-state index contributed by atoms with van der Waals surface area (Å²) in [5, 5.41) is 16.1. The number of hydrogen-bond acceptors (Lipinski definition) is 12. The van der Waals surface area contributed by atoms with Crippen LogP contribution in [0.3, 0.4) is 0 Å². The van der Waals surface area contributed by atoms with Gasteiger partial charge in [0.25, 0.3) is 11.8 Å². The van der Waals surface area contributed by atoms with Crippen molar-refractivity contribution < 1.29 is 32.9 Å². The summed E-state index contributed by atoms with van der Waals surface area (Å²) in [5.41, 5.74) is 10.6. The molecule has 0 radical (unpaired) electrons. The van der Waals surface area contributed by atoms with E-state index in [4.69, 9.17) is 18.9 Å². The lowest BCUT2D eigenvalue weighted by atomic mass is 10.1. The number of anilines is 8. The Bertz CT molecular complexity index is 2980. The number of hydrogen-bond donors (Lipinski definition) is 5. The van der Waals surface area contributed by atoms with Crippen LogP contribution in [0.25, 0.3) is 0 Å². The lowest BCUT2D eigenvalue weighted by Crippen LogP contribution is -2.36. The molecule has 3 aliphatic heterocycles. The fourth-order valence-corrected chi connectivity index (χ4v) is 8.80. The number of morpholine rings is 2. The maximum atomic E-state index is 14.4. The Morgan fingerprint density at radius 3 is 1.88 bits per heavy atom. The summed E-state index contributed by atoms with van der Waals surface area (Å²) in [4.78, 5) is 34.7. The third kappa shape index (κ3) is 14.4. The summed E-state index contributed by atoms with van der Waals surface area (Å²) in [7, 11) is 0. The number of aromatic nitrogens is 1. The van der Waals surface area contributed by atoms with E-state index in [2.05, 4.69) is 53.5 Å². The van der Waals surface area contributed by atoms with Gasteiger partial charge in [0.2, 0.25) is 0 Å². The molecule has 0 aliphatic carbocycles. The van der Waals surface area contributed by atoms with Crippen molar-refractivity contribution in [1.82, 2.24) is 10.3 Å². The van der Waals surface area contributed by atoms with Crippen LogP contribution in [0.5, 0.6) is 11.5 Å². The van der Waals surface area contributed by atoms with E-state index in [-0.39, 0.29) is 23.7 Å². The first-order valence-electron chi connectivity index (χ1n) is 25.2. The Balaban J connectivity index is 0.000000182. The van der Waals surface area contributed by atoms with Gasteiger partial charge < -0.3 is 55.3 Å². The molecule has 74 heavy (non-hydrogen) atoms. The second kappa shape index (κ2) is 25.1. The number of rotatable bonds is 15. The van der Waals surface area contributed by atoms with E-state index in [1.165, 1.54) is 11.8 Å². The summed E-state index contributed by atoms with van der Waals surface area (Å²) < 4.78 is 37.1. The quantitative estimate of drug-likeness (QED) is 0.0665. The number of carbonyl (C=O) groups is 2.